The van der Waals surface area contributed by atoms with Crippen LogP contribution in [0.3, 0.4) is 0 Å². The van der Waals surface area contributed by atoms with E-state index in [1.54, 1.807) is 31.2 Å². The van der Waals surface area contributed by atoms with Gasteiger partial charge in [0.2, 0.25) is 5.91 Å². The van der Waals surface area contributed by atoms with Gasteiger partial charge in [-0.05, 0) is 44.5 Å². The Balaban J connectivity index is 2.16. The van der Waals surface area contributed by atoms with Crippen LogP contribution in [0, 0.1) is 25.2 Å². The number of hydrogen-bond acceptors (Lipinski definition) is 4. The second kappa shape index (κ2) is 7.49. The lowest BCUT2D eigenvalue weighted by molar-refractivity contribution is -0.115. The van der Waals surface area contributed by atoms with Crippen LogP contribution >= 0.6 is 23.4 Å². The molecule has 4 nitrogen and oxygen atoms in total. The van der Waals surface area contributed by atoms with E-state index in [2.05, 4.69) is 16.4 Å². The Bertz CT molecular complexity index is 786. The molecule has 0 saturated carbocycles. The highest BCUT2D eigenvalue weighted by Gasteiger charge is 2.19. The minimum absolute atomic E-state index is 0.187. The van der Waals surface area contributed by atoms with Crippen molar-refractivity contribution in [2.75, 3.05) is 5.32 Å². The molecule has 1 heterocycles. The molecule has 1 N–H and O–H groups in total. The highest BCUT2D eigenvalue weighted by Crippen LogP contribution is 2.28. The van der Waals surface area contributed by atoms with Gasteiger partial charge in [0.25, 0.3) is 0 Å². The summed E-state index contributed by atoms with van der Waals surface area (Å²) in [6.45, 7) is 5.51. The van der Waals surface area contributed by atoms with E-state index >= 15 is 0 Å². The summed E-state index contributed by atoms with van der Waals surface area (Å²) in [6, 6.07) is 11.1. The fraction of sp³-hybridized carbons (Fsp3) is 0.235. The Morgan fingerprint density at radius 2 is 2.09 bits per heavy atom. The summed E-state index contributed by atoms with van der Waals surface area (Å²) in [6.07, 6.45) is 0. The molecule has 0 unspecified atom stereocenters. The zero-order chi connectivity index (χ0) is 17.0. The third-order valence-electron chi connectivity index (χ3n) is 3.21. The molecule has 0 aliphatic rings. The molecule has 118 valence electrons. The Labute approximate surface area is 144 Å². The molecular formula is C17H16ClN3OS. The topological polar surface area (TPSA) is 65.8 Å². The van der Waals surface area contributed by atoms with Gasteiger partial charge in [-0.15, -0.1) is 0 Å². The lowest BCUT2D eigenvalue weighted by atomic mass is 10.1. The highest BCUT2D eigenvalue weighted by molar-refractivity contribution is 8.00. The highest BCUT2D eigenvalue weighted by atomic mass is 35.5. The molecule has 0 fully saturated rings. The molecule has 1 aromatic carbocycles. The first kappa shape index (κ1) is 17.3. The van der Waals surface area contributed by atoms with E-state index in [1.165, 1.54) is 11.8 Å². The standard InChI is InChI=1S/C17H16ClN3OS/c1-10-8-11(2)20-17(13(10)9-19)23-12(3)16(22)21-15-7-5-4-6-14(15)18/h4-8,12H,1-3H3,(H,21,22)/t12-/m0/s1. The maximum atomic E-state index is 12.3. The number of aryl methyl sites for hydroxylation is 2. The molecular weight excluding hydrogens is 330 g/mol. The molecule has 1 amide bonds. The van der Waals surface area contributed by atoms with Crippen molar-refractivity contribution in [3.05, 3.63) is 52.2 Å². The molecule has 0 radical (unpaired) electrons. The Morgan fingerprint density at radius 3 is 2.74 bits per heavy atom. The van der Waals surface area contributed by atoms with Crippen LogP contribution in [0.4, 0.5) is 5.69 Å². The molecule has 1 atom stereocenters. The van der Waals surface area contributed by atoms with Gasteiger partial charge < -0.3 is 5.32 Å². The first-order valence-electron chi connectivity index (χ1n) is 7.02. The summed E-state index contributed by atoms with van der Waals surface area (Å²) in [5, 5.41) is 12.7. The number of carbonyl (C=O) groups is 1. The van der Waals surface area contributed by atoms with Crippen LogP contribution < -0.4 is 5.32 Å². The van der Waals surface area contributed by atoms with Gasteiger partial charge in [0.15, 0.2) is 0 Å². The van der Waals surface area contributed by atoms with Gasteiger partial charge in [-0.2, -0.15) is 5.26 Å². The minimum atomic E-state index is -0.410. The van der Waals surface area contributed by atoms with Gasteiger partial charge in [0, 0.05) is 5.69 Å². The van der Waals surface area contributed by atoms with E-state index in [4.69, 9.17) is 11.6 Å². The molecule has 6 heteroatoms. The van der Waals surface area contributed by atoms with E-state index in [-0.39, 0.29) is 5.91 Å². The van der Waals surface area contributed by atoms with E-state index < -0.39 is 5.25 Å². The SMILES string of the molecule is Cc1cc(C)c(C#N)c(S[C@@H](C)C(=O)Nc2ccccc2Cl)n1. The largest absolute Gasteiger partial charge is 0.324 e. The van der Waals surface area contributed by atoms with Crippen molar-refractivity contribution >= 4 is 35.0 Å². The Morgan fingerprint density at radius 1 is 1.39 bits per heavy atom. The number of aromatic nitrogens is 1. The zero-order valence-corrected chi connectivity index (χ0v) is 14.6. The average Bonchev–Trinajstić information content (AvgIpc) is 2.49. The number of nitrogens with zero attached hydrogens (tertiary/aromatic N) is 2. The van der Waals surface area contributed by atoms with Crippen molar-refractivity contribution in [2.45, 2.75) is 31.0 Å². The number of benzene rings is 1. The molecule has 1 aromatic heterocycles. The number of pyridine rings is 1. The molecule has 0 aliphatic carbocycles. The van der Waals surface area contributed by atoms with Crippen molar-refractivity contribution in [1.29, 1.82) is 5.26 Å². The number of halogens is 1. The third-order valence-corrected chi connectivity index (χ3v) is 4.63. The minimum Gasteiger partial charge on any atom is -0.324 e. The number of rotatable bonds is 4. The third kappa shape index (κ3) is 4.25. The molecule has 0 spiro atoms. The summed E-state index contributed by atoms with van der Waals surface area (Å²) in [5.74, 6) is -0.187. The van der Waals surface area contributed by atoms with Crippen molar-refractivity contribution in [1.82, 2.24) is 4.98 Å². The van der Waals surface area contributed by atoms with Crippen molar-refractivity contribution in [3.8, 4) is 6.07 Å². The van der Waals surface area contributed by atoms with Crippen LogP contribution in [0.15, 0.2) is 35.4 Å². The quantitative estimate of drug-likeness (QED) is 0.837. The van der Waals surface area contributed by atoms with E-state index in [0.717, 1.165) is 11.3 Å². The summed E-state index contributed by atoms with van der Waals surface area (Å²) in [4.78, 5) is 16.7. The fourth-order valence-electron chi connectivity index (χ4n) is 2.04. The molecule has 2 rings (SSSR count). The summed E-state index contributed by atoms with van der Waals surface area (Å²) in [7, 11) is 0. The number of hydrogen-bond donors (Lipinski definition) is 1. The van der Waals surface area contributed by atoms with Gasteiger partial charge in [-0.25, -0.2) is 4.98 Å². The fourth-order valence-corrected chi connectivity index (χ4v) is 3.25. The first-order chi connectivity index (χ1) is 10.9. The molecule has 2 aromatic rings. The summed E-state index contributed by atoms with van der Waals surface area (Å²) in [5.41, 5.74) is 2.77. The lowest BCUT2D eigenvalue weighted by Crippen LogP contribution is -2.22. The van der Waals surface area contributed by atoms with Crippen LogP contribution in [0.2, 0.25) is 5.02 Å². The number of nitriles is 1. The van der Waals surface area contributed by atoms with Crippen molar-refractivity contribution < 1.29 is 4.79 Å². The van der Waals surface area contributed by atoms with Gasteiger partial charge in [0.1, 0.15) is 11.1 Å². The van der Waals surface area contributed by atoms with Crippen LogP contribution in [-0.2, 0) is 4.79 Å². The Kier molecular flexibility index (Phi) is 5.64. The van der Waals surface area contributed by atoms with Gasteiger partial charge in [0.05, 0.1) is 21.5 Å². The molecule has 23 heavy (non-hydrogen) atoms. The zero-order valence-electron chi connectivity index (χ0n) is 13.1. The van der Waals surface area contributed by atoms with Crippen LogP contribution in [0.5, 0.6) is 0 Å². The number of nitrogens with one attached hydrogen (secondary N) is 1. The Hall–Kier alpha value is -2.03. The van der Waals surface area contributed by atoms with E-state index in [9.17, 15) is 10.1 Å². The monoisotopic (exact) mass is 345 g/mol. The van der Waals surface area contributed by atoms with E-state index in [0.29, 0.717) is 21.3 Å². The molecule has 0 bridgehead atoms. The normalized spacial score (nSPS) is 11.6. The van der Waals surface area contributed by atoms with E-state index in [1.807, 2.05) is 19.9 Å². The number of thioether (sulfide) groups is 1. The first-order valence-corrected chi connectivity index (χ1v) is 8.28. The van der Waals surface area contributed by atoms with Gasteiger partial charge >= 0.3 is 0 Å². The van der Waals surface area contributed by atoms with Crippen molar-refractivity contribution in [3.63, 3.8) is 0 Å². The average molecular weight is 346 g/mol. The lowest BCUT2D eigenvalue weighted by Gasteiger charge is -2.14. The van der Waals surface area contributed by atoms with Crippen LogP contribution in [0.25, 0.3) is 0 Å². The number of anilines is 1. The molecule has 0 saturated heterocycles. The number of para-hydroxylation sites is 1. The smallest absolute Gasteiger partial charge is 0.237 e. The van der Waals surface area contributed by atoms with Gasteiger partial charge in [-0.3, -0.25) is 4.79 Å². The summed E-state index contributed by atoms with van der Waals surface area (Å²) < 4.78 is 0. The van der Waals surface area contributed by atoms with Crippen molar-refractivity contribution in [2.24, 2.45) is 0 Å². The number of carbonyl (C=O) groups excluding carboxylic acids is 1. The molecule has 0 aliphatic heterocycles. The maximum Gasteiger partial charge on any atom is 0.237 e. The van der Waals surface area contributed by atoms with Crippen LogP contribution in [-0.4, -0.2) is 16.1 Å². The van der Waals surface area contributed by atoms with Crippen LogP contribution in [0.1, 0.15) is 23.7 Å². The maximum absolute atomic E-state index is 12.3. The summed E-state index contributed by atoms with van der Waals surface area (Å²) >= 11 is 7.31. The second-order valence-electron chi connectivity index (χ2n) is 5.10. The number of amides is 1. The van der Waals surface area contributed by atoms with Gasteiger partial charge in [-0.1, -0.05) is 35.5 Å². The second-order valence-corrected chi connectivity index (χ2v) is 6.84. The predicted octanol–water partition coefficient (Wildman–Crippen LogP) is 4.34. The predicted molar refractivity (Wildman–Crippen MR) is 93.8 cm³/mol.